The van der Waals surface area contributed by atoms with Crippen LogP contribution in [0.3, 0.4) is 0 Å². The van der Waals surface area contributed by atoms with Crippen LogP contribution in [-0.4, -0.2) is 43.7 Å². The molecule has 2 N–H and O–H groups in total. The molecule has 1 aliphatic rings. The van der Waals surface area contributed by atoms with Gasteiger partial charge < -0.3 is 19.9 Å². The molecule has 0 saturated carbocycles. The predicted molar refractivity (Wildman–Crippen MR) is 97.2 cm³/mol. The Morgan fingerprint density at radius 1 is 1.29 bits per heavy atom. The number of rotatable bonds is 7. The van der Waals surface area contributed by atoms with Gasteiger partial charge in [0.2, 0.25) is 0 Å². The summed E-state index contributed by atoms with van der Waals surface area (Å²) in [4.78, 5) is 0. The molecule has 0 aliphatic carbocycles. The fraction of sp³-hybridized carbons (Fsp3) is 0.700. The molecule has 1 fully saturated rings. The maximum Gasteiger partial charge on any atom is 0.0898 e. The summed E-state index contributed by atoms with van der Waals surface area (Å²) in [5.41, 5.74) is 2.58. The van der Waals surface area contributed by atoms with E-state index in [0.29, 0.717) is 13.2 Å². The first-order chi connectivity index (χ1) is 11.4. The SMILES string of the molecule is Cc1cccc(C(NCC(O)COC2CCOCC2)C(C)(C)C)c1. The minimum Gasteiger partial charge on any atom is -0.389 e. The fourth-order valence-electron chi connectivity index (χ4n) is 3.18. The normalized spacial score (nSPS) is 19.2. The summed E-state index contributed by atoms with van der Waals surface area (Å²) < 4.78 is 11.1. The van der Waals surface area contributed by atoms with Crippen LogP contribution in [0.4, 0.5) is 0 Å². The van der Waals surface area contributed by atoms with Crippen LogP contribution >= 0.6 is 0 Å². The van der Waals surface area contributed by atoms with Crippen LogP contribution in [0.1, 0.15) is 50.8 Å². The lowest BCUT2D eigenvalue weighted by atomic mass is 9.82. The van der Waals surface area contributed by atoms with Crippen molar-refractivity contribution in [3.8, 4) is 0 Å². The van der Waals surface area contributed by atoms with Gasteiger partial charge in [-0.3, -0.25) is 0 Å². The Morgan fingerprint density at radius 3 is 2.62 bits per heavy atom. The van der Waals surface area contributed by atoms with E-state index in [9.17, 15) is 5.11 Å². The van der Waals surface area contributed by atoms with Gasteiger partial charge in [-0.15, -0.1) is 0 Å². The van der Waals surface area contributed by atoms with E-state index >= 15 is 0 Å². The number of benzene rings is 1. The van der Waals surface area contributed by atoms with Crippen molar-refractivity contribution in [3.05, 3.63) is 35.4 Å². The lowest BCUT2D eigenvalue weighted by molar-refractivity contribution is -0.0593. The van der Waals surface area contributed by atoms with Crippen molar-refractivity contribution < 1.29 is 14.6 Å². The number of aliphatic hydroxyl groups excluding tert-OH is 1. The smallest absolute Gasteiger partial charge is 0.0898 e. The molecule has 1 heterocycles. The Kier molecular flexibility index (Phi) is 7.23. The van der Waals surface area contributed by atoms with Crippen LogP contribution < -0.4 is 5.32 Å². The van der Waals surface area contributed by atoms with Crippen LogP contribution in [-0.2, 0) is 9.47 Å². The van der Waals surface area contributed by atoms with Crippen molar-refractivity contribution in [1.29, 1.82) is 0 Å². The number of aliphatic hydroxyl groups is 1. The van der Waals surface area contributed by atoms with E-state index < -0.39 is 6.10 Å². The van der Waals surface area contributed by atoms with E-state index in [1.807, 2.05) is 0 Å². The first-order valence-electron chi connectivity index (χ1n) is 9.03. The van der Waals surface area contributed by atoms with Gasteiger partial charge in [-0.05, 0) is 30.7 Å². The van der Waals surface area contributed by atoms with Crippen molar-refractivity contribution in [3.63, 3.8) is 0 Å². The molecule has 2 unspecified atom stereocenters. The lowest BCUT2D eigenvalue weighted by Gasteiger charge is -2.33. The zero-order valence-electron chi connectivity index (χ0n) is 15.5. The maximum absolute atomic E-state index is 10.3. The molecular weight excluding hydrogens is 302 g/mol. The van der Waals surface area contributed by atoms with Crippen molar-refractivity contribution in [2.24, 2.45) is 5.41 Å². The molecule has 0 spiro atoms. The molecule has 2 atom stereocenters. The minimum absolute atomic E-state index is 0.0646. The van der Waals surface area contributed by atoms with Gasteiger partial charge in [0.25, 0.3) is 0 Å². The van der Waals surface area contributed by atoms with E-state index in [1.54, 1.807) is 0 Å². The highest BCUT2D eigenvalue weighted by atomic mass is 16.5. The highest BCUT2D eigenvalue weighted by Crippen LogP contribution is 2.33. The second-order valence-electron chi connectivity index (χ2n) is 7.92. The third kappa shape index (κ3) is 6.17. The third-order valence-electron chi connectivity index (χ3n) is 4.49. The number of ether oxygens (including phenoxy) is 2. The van der Waals surface area contributed by atoms with E-state index in [-0.39, 0.29) is 17.6 Å². The van der Waals surface area contributed by atoms with Crippen molar-refractivity contribution in [2.45, 2.75) is 58.8 Å². The molecule has 1 aromatic rings. The highest BCUT2D eigenvalue weighted by molar-refractivity contribution is 5.26. The number of hydrogen-bond donors (Lipinski definition) is 2. The molecular formula is C20H33NO3. The number of aryl methyl sites for hydroxylation is 1. The number of nitrogens with one attached hydrogen (secondary N) is 1. The van der Waals surface area contributed by atoms with Gasteiger partial charge in [-0.1, -0.05) is 50.6 Å². The molecule has 2 rings (SSSR count). The van der Waals surface area contributed by atoms with Crippen LogP contribution in [0.5, 0.6) is 0 Å². The lowest BCUT2D eigenvalue weighted by Crippen LogP contribution is -2.39. The molecule has 0 bridgehead atoms. The maximum atomic E-state index is 10.3. The molecule has 1 aliphatic heterocycles. The second-order valence-corrected chi connectivity index (χ2v) is 7.92. The zero-order chi connectivity index (χ0) is 17.6. The third-order valence-corrected chi connectivity index (χ3v) is 4.49. The van der Waals surface area contributed by atoms with E-state index in [0.717, 1.165) is 26.1 Å². The summed E-state index contributed by atoms with van der Waals surface area (Å²) in [6, 6.07) is 8.76. The van der Waals surface area contributed by atoms with Gasteiger partial charge in [0, 0.05) is 25.8 Å². The van der Waals surface area contributed by atoms with Crippen LogP contribution in [0, 0.1) is 12.3 Å². The highest BCUT2D eigenvalue weighted by Gasteiger charge is 2.26. The molecule has 136 valence electrons. The molecule has 0 radical (unpaired) electrons. The van der Waals surface area contributed by atoms with Gasteiger partial charge in [-0.25, -0.2) is 0 Å². The number of hydrogen-bond acceptors (Lipinski definition) is 4. The molecule has 4 heteroatoms. The molecule has 0 aromatic heterocycles. The quantitative estimate of drug-likeness (QED) is 0.803. The van der Waals surface area contributed by atoms with Gasteiger partial charge in [0.1, 0.15) is 0 Å². The average molecular weight is 335 g/mol. The Hall–Kier alpha value is -0.940. The van der Waals surface area contributed by atoms with Gasteiger partial charge in [0.15, 0.2) is 0 Å². The van der Waals surface area contributed by atoms with E-state index in [1.165, 1.54) is 11.1 Å². The molecule has 1 saturated heterocycles. The van der Waals surface area contributed by atoms with Crippen LogP contribution in [0.2, 0.25) is 0 Å². The Bertz CT molecular complexity index is 492. The molecule has 4 nitrogen and oxygen atoms in total. The topological polar surface area (TPSA) is 50.7 Å². The summed E-state index contributed by atoms with van der Waals surface area (Å²) in [6.45, 7) is 11.2. The summed E-state index contributed by atoms with van der Waals surface area (Å²) in [7, 11) is 0. The summed E-state index contributed by atoms with van der Waals surface area (Å²) in [5, 5.41) is 13.8. The largest absolute Gasteiger partial charge is 0.389 e. The van der Waals surface area contributed by atoms with Gasteiger partial charge in [-0.2, -0.15) is 0 Å². The fourth-order valence-corrected chi connectivity index (χ4v) is 3.18. The zero-order valence-corrected chi connectivity index (χ0v) is 15.5. The van der Waals surface area contributed by atoms with E-state index in [4.69, 9.17) is 9.47 Å². The minimum atomic E-state index is -0.498. The predicted octanol–water partition coefficient (Wildman–Crippen LogP) is 3.23. The summed E-state index contributed by atoms with van der Waals surface area (Å²) in [6.07, 6.45) is 1.58. The monoisotopic (exact) mass is 335 g/mol. The molecule has 24 heavy (non-hydrogen) atoms. The van der Waals surface area contributed by atoms with Crippen molar-refractivity contribution in [2.75, 3.05) is 26.4 Å². The van der Waals surface area contributed by atoms with Gasteiger partial charge >= 0.3 is 0 Å². The second kappa shape index (κ2) is 8.95. The van der Waals surface area contributed by atoms with Crippen molar-refractivity contribution in [1.82, 2.24) is 5.32 Å². The first kappa shape index (κ1) is 19.4. The Balaban J connectivity index is 1.85. The summed E-state index contributed by atoms with van der Waals surface area (Å²) >= 11 is 0. The summed E-state index contributed by atoms with van der Waals surface area (Å²) in [5.74, 6) is 0. The molecule has 0 amide bonds. The average Bonchev–Trinajstić information content (AvgIpc) is 2.53. The van der Waals surface area contributed by atoms with Crippen LogP contribution in [0.15, 0.2) is 24.3 Å². The Labute approximate surface area is 146 Å². The Morgan fingerprint density at radius 2 is 2.00 bits per heavy atom. The van der Waals surface area contributed by atoms with Crippen LogP contribution in [0.25, 0.3) is 0 Å². The van der Waals surface area contributed by atoms with Gasteiger partial charge in [0.05, 0.1) is 18.8 Å². The first-order valence-corrected chi connectivity index (χ1v) is 9.03. The standard InChI is InChI=1S/C20H33NO3/c1-15-6-5-7-16(12-15)19(20(2,3)4)21-13-17(22)14-24-18-8-10-23-11-9-18/h5-7,12,17-19,21-22H,8-11,13-14H2,1-4H3. The molecule has 1 aromatic carbocycles. The van der Waals surface area contributed by atoms with Crippen molar-refractivity contribution >= 4 is 0 Å². The van der Waals surface area contributed by atoms with E-state index in [2.05, 4.69) is 57.3 Å².